The molecule has 4 aromatic rings. The van der Waals surface area contributed by atoms with Gasteiger partial charge in [-0.25, -0.2) is 4.68 Å². The third kappa shape index (κ3) is 3.36. The molecule has 0 atom stereocenters. The number of hydrogen-bond donors (Lipinski definition) is 2. The van der Waals surface area contributed by atoms with Gasteiger partial charge in [0, 0.05) is 23.6 Å². The summed E-state index contributed by atoms with van der Waals surface area (Å²) in [5.41, 5.74) is 3.52. The first-order valence-corrected chi connectivity index (χ1v) is 9.47. The lowest BCUT2D eigenvalue weighted by molar-refractivity contribution is 0.0878. The molecule has 0 saturated heterocycles. The molecular formula is C23H15N5O3. The van der Waals surface area contributed by atoms with Crippen molar-refractivity contribution >= 4 is 23.4 Å². The molecular weight excluding hydrogens is 394 g/mol. The average molecular weight is 409 g/mol. The van der Waals surface area contributed by atoms with Gasteiger partial charge < -0.3 is 5.32 Å². The van der Waals surface area contributed by atoms with E-state index in [1.165, 1.54) is 12.1 Å². The highest BCUT2D eigenvalue weighted by Crippen LogP contribution is 2.25. The van der Waals surface area contributed by atoms with Crippen LogP contribution in [0.15, 0.2) is 79.1 Å². The Morgan fingerprint density at radius 3 is 2.39 bits per heavy atom. The van der Waals surface area contributed by atoms with Crippen molar-refractivity contribution in [3.05, 3.63) is 95.9 Å². The molecule has 2 aromatic heterocycles. The highest BCUT2D eigenvalue weighted by molar-refractivity contribution is 6.22. The predicted octanol–water partition coefficient (Wildman–Crippen LogP) is 3.07. The van der Waals surface area contributed by atoms with Gasteiger partial charge >= 0.3 is 0 Å². The molecule has 0 fully saturated rings. The van der Waals surface area contributed by atoms with Crippen LogP contribution in [0.3, 0.4) is 0 Å². The molecule has 0 spiro atoms. The van der Waals surface area contributed by atoms with Gasteiger partial charge in [-0.15, -0.1) is 0 Å². The predicted molar refractivity (Wildman–Crippen MR) is 113 cm³/mol. The summed E-state index contributed by atoms with van der Waals surface area (Å²) in [6, 6.07) is 19.4. The first-order valence-electron chi connectivity index (χ1n) is 9.47. The van der Waals surface area contributed by atoms with Crippen molar-refractivity contribution in [3.63, 3.8) is 0 Å². The molecule has 5 rings (SSSR count). The highest BCUT2D eigenvalue weighted by Gasteiger charge is 2.27. The van der Waals surface area contributed by atoms with E-state index in [9.17, 15) is 14.4 Å². The number of fused-ring (bicyclic) bond motifs is 1. The number of hydrogen-bond acceptors (Lipinski definition) is 5. The molecule has 8 nitrogen and oxygen atoms in total. The number of rotatable bonds is 4. The van der Waals surface area contributed by atoms with Crippen LogP contribution in [-0.2, 0) is 0 Å². The highest BCUT2D eigenvalue weighted by atomic mass is 16.2. The third-order valence-corrected chi connectivity index (χ3v) is 4.91. The number of amides is 3. The number of nitrogens with zero attached hydrogens (tertiary/aromatic N) is 3. The second kappa shape index (κ2) is 7.34. The number of anilines is 1. The van der Waals surface area contributed by atoms with Crippen LogP contribution in [0.2, 0.25) is 0 Å². The van der Waals surface area contributed by atoms with Crippen LogP contribution in [-0.4, -0.2) is 32.5 Å². The van der Waals surface area contributed by atoms with Crippen molar-refractivity contribution in [3.8, 4) is 16.9 Å². The Balaban J connectivity index is 1.50. The largest absolute Gasteiger partial charge is 0.321 e. The molecule has 0 bridgehead atoms. The minimum atomic E-state index is -0.482. The maximum absolute atomic E-state index is 12.9. The standard InChI is InChI=1S/C23H15N5O3/c29-21-17-7-6-15(12-18(17)22(30)26-21)25-23(31)19-13-20(14-8-10-24-11-9-14)28(27-19)16-4-2-1-3-5-16/h1-13H,(H,25,31)(H,26,29,30). The quantitative estimate of drug-likeness (QED) is 0.504. The van der Waals surface area contributed by atoms with Crippen LogP contribution in [0.4, 0.5) is 5.69 Å². The maximum Gasteiger partial charge on any atom is 0.276 e. The van der Waals surface area contributed by atoms with E-state index in [0.717, 1.165) is 16.9 Å². The van der Waals surface area contributed by atoms with Crippen LogP contribution in [0, 0.1) is 0 Å². The third-order valence-electron chi connectivity index (χ3n) is 4.91. The van der Waals surface area contributed by atoms with E-state index in [1.807, 2.05) is 42.5 Å². The molecule has 2 aromatic carbocycles. The van der Waals surface area contributed by atoms with E-state index in [0.29, 0.717) is 5.69 Å². The molecule has 31 heavy (non-hydrogen) atoms. The Kier molecular flexibility index (Phi) is 4.37. The van der Waals surface area contributed by atoms with Crippen LogP contribution >= 0.6 is 0 Å². The SMILES string of the molecule is O=C(Nc1ccc2c(c1)C(=O)NC2=O)c1cc(-c2ccncc2)n(-c2ccccc2)n1. The van der Waals surface area contributed by atoms with Gasteiger partial charge in [0.2, 0.25) is 0 Å². The van der Waals surface area contributed by atoms with E-state index >= 15 is 0 Å². The van der Waals surface area contributed by atoms with Gasteiger partial charge in [0.05, 0.1) is 22.5 Å². The van der Waals surface area contributed by atoms with E-state index in [1.54, 1.807) is 29.2 Å². The summed E-state index contributed by atoms with van der Waals surface area (Å²) in [7, 11) is 0. The molecule has 150 valence electrons. The number of para-hydroxylation sites is 1. The van der Waals surface area contributed by atoms with Gasteiger partial charge in [-0.05, 0) is 48.5 Å². The van der Waals surface area contributed by atoms with E-state index < -0.39 is 17.7 Å². The molecule has 0 aliphatic carbocycles. The molecule has 0 unspecified atom stereocenters. The van der Waals surface area contributed by atoms with Crippen LogP contribution in [0.25, 0.3) is 16.9 Å². The maximum atomic E-state index is 12.9. The van der Waals surface area contributed by atoms with Gasteiger partial charge in [0.15, 0.2) is 5.69 Å². The van der Waals surface area contributed by atoms with Crippen molar-refractivity contribution in [2.24, 2.45) is 0 Å². The van der Waals surface area contributed by atoms with Crippen LogP contribution in [0.1, 0.15) is 31.2 Å². The van der Waals surface area contributed by atoms with Gasteiger partial charge in [0.1, 0.15) is 0 Å². The smallest absolute Gasteiger partial charge is 0.276 e. The summed E-state index contributed by atoms with van der Waals surface area (Å²) in [6.07, 6.45) is 3.35. The Labute approximate surface area is 176 Å². The fourth-order valence-corrected chi connectivity index (χ4v) is 3.43. The van der Waals surface area contributed by atoms with Crippen molar-refractivity contribution in [2.45, 2.75) is 0 Å². The Hall–Kier alpha value is -4.59. The minimum absolute atomic E-state index is 0.205. The van der Waals surface area contributed by atoms with E-state index in [4.69, 9.17) is 0 Å². The molecule has 8 heteroatoms. The molecule has 2 N–H and O–H groups in total. The zero-order valence-electron chi connectivity index (χ0n) is 16.1. The lowest BCUT2D eigenvalue weighted by Crippen LogP contribution is -2.19. The van der Waals surface area contributed by atoms with Crippen molar-refractivity contribution in [2.75, 3.05) is 5.32 Å². The Bertz CT molecular complexity index is 1270. The molecule has 1 aliphatic heterocycles. The average Bonchev–Trinajstić information content (AvgIpc) is 3.37. The number of carbonyl (C=O) groups excluding carboxylic acids is 3. The summed E-state index contributed by atoms with van der Waals surface area (Å²) in [5, 5.41) is 9.48. The van der Waals surface area contributed by atoms with Gasteiger partial charge in [-0.3, -0.25) is 24.7 Å². The molecule has 1 aliphatic rings. The van der Waals surface area contributed by atoms with Gasteiger partial charge in [0.25, 0.3) is 17.7 Å². The molecule has 3 heterocycles. The topological polar surface area (TPSA) is 106 Å². The van der Waals surface area contributed by atoms with Crippen LogP contribution in [0.5, 0.6) is 0 Å². The first kappa shape index (κ1) is 18.4. The summed E-state index contributed by atoms with van der Waals surface area (Å²) >= 11 is 0. The summed E-state index contributed by atoms with van der Waals surface area (Å²) in [5.74, 6) is -1.36. The summed E-state index contributed by atoms with van der Waals surface area (Å²) < 4.78 is 1.69. The number of pyridine rings is 1. The van der Waals surface area contributed by atoms with Gasteiger partial charge in [-0.1, -0.05) is 18.2 Å². The lowest BCUT2D eigenvalue weighted by atomic mass is 10.1. The van der Waals surface area contributed by atoms with Gasteiger partial charge in [-0.2, -0.15) is 5.10 Å². The normalized spacial score (nSPS) is 12.4. The number of carbonyl (C=O) groups is 3. The monoisotopic (exact) mass is 409 g/mol. The Morgan fingerprint density at radius 2 is 1.61 bits per heavy atom. The number of benzene rings is 2. The molecule has 0 radical (unpaired) electrons. The summed E-state index contributed by atoms with van der Waals surface area (Å²) in [4.78, 5) is 40.6. The Morgan fingerprint density at radius 1 is 0.871 bits per heavy atom. The number of nitrogens with one attached hydrogen (secondary N) is 2. The minimum Gasteiger partial charge on any atom is -0.321 e. The fraction of sp³-hybridized carbons (Fsp3) is 0. The van der Waals surface area contributed by atoms with Crippen molar-refractivity contribution in [1.82, 2.24) is 20.1 Å². The molecule has 3 amide bonds. The lowest BCUT2D eigenvalue weighted by Gasteiger charge is -2.07. The van der Waals surface area contributed by atoms with E-state index in [-0.39, 0.29) is 16.8 Å². The van der Waals surface area contributed by atoms with E-state index in [2.05, 4.69) is 20.7 Å². The van der Waals surface area contributed by atoms with Crippen molar-refractivity contribution in [1.29, 1.82) is 0 Å². The summed E-state index contributed by atoms with van der Waals surface area (Å²) in [6.45, 7) is 0. The second-order valence-corrected chi connectivity index (χ2v) is 6.90. The zero-order chi connectivity index (χ0) is 21.4. The first-order chi connectivity index (χ1) is 15.1. The number of aromatic nitrogens is 3. The fourth-order valence-electron chi connectivity index (χ4n) is 3.43. The van der Waals surface area contributed by atoms with Crippen molar-refractivity contribution < 1.29 is 14.4 Å². The second-order valence-electron chi connectivity index (χ2n) is 6.90. The zero-order valence-corrected chi connectivity index (χ0v) is 16.1. The molecule has 0 saturated carbocycles. The van der Waals surface area contributed by atoms with Crippen LogP contribution < -0.4 is 10.6 Å². The number of imide groups is 1.